The number of hydrogen-bond donors (Lipinski definition) is 1. The smallest absolute Gasteiger partial charge is 0.356 e. The van der Waals surface area contributed by atoms with Crippen LogP contribution < -0.4 is 5.32 Å². The topological polar surface area (TPSA) is 51.2 Å². The predicted octanol–water partition coefficient (Wildman–Crippen LogP) is 3.43. The monoisotopic (exact) mass is 270 g/mol. The van der Waals surface area contributed by atoms with E-state index in [2.05, 4.69) is 34.1 Å². The van der Waals surface area contributed by atoms with Gasteiger partial charge in [0.05, 0.1) is 13.2 Å². The fourth-order valence-corrected chi connectivity index (χ4v) is 2.04. The number of ether oxygens (including phenoxy) is 1. The molecule has 1 N–H and O–H groups in total. The highest BCUT2D eigenvalue weighted by Crippen LogP contribution is 2.22. The zero-order valence-corrected chi connectivity index (χ0v) is 11.7. The second-order valence-electron chi connectivity index (χ2n) is 4.44. The van der Waals surface area contributed by atoms with Gasteiger partial charge in [-0.25, -0.2) is 9.78 Å². The molecule has 20 heavy (non-hydrogen) atoms. The Morgan fingerprint density at radius 1 is 1.30 bits per heavy atom. The van der Waals surface area contributed by atoms with Crippen LogP contribution in [-0.4, -0.2) is 18.1 Å². The molecule has 0 aliphatic rings. The number of benzene rings is 1. The minimum absolute atomic E-state index is 0.198. The number of methoxy groups -OCH3 is 1. The molecule has 0 aliphatic carbocycles. The number of anilines is 1. The maximum Gasteiger partial charge on any atom is 0.356 e. The number of nitrogens with one attached hydrogen (secondary N) is 1. The van der Waals surface area contributed by atoms with Crippen molar-refractivity contribution in [3.63, 3.8) is 0 Å². The van der Waals surface area contributed by atoms with Gasteiger partial charge in [0.15, 0.2) is 0 Å². The lowest BCUT2D eigenvalue weighted by Crippen LogP contribution is -2.11. The van der Waals surface area contributed by atoms with Crippen molar-refractivity contribution in [2.45, 2.75) is 19.4 Å². The molecule has 1 aromatic carbocycles. The molecule has 0 spiro atoms. The fourth-order valence-electron chi connectivity index (χ4n) is 2.04. The second-order valence-corrected chi connectivity index (χ2v) is 4.44. The van der Waals surface area contributed by atoms with Gasteiger partial charge in [0.1, 0.15) is 5.69 Å². The van der Waals surface area contributed by atoms with E-state index in [1.807, 2.05) is 24.3 Å². The number of aromatic nitrogens is 1. The molecule has 0 saturated carbocycles. The van der Waals surface area contributed by atoms with E-state index in [1.165, 1.54) is 12.7 Å². The normalized spacial score (nSPS) is 11.7. The van der Waals surface area contributed by atoms with Crippen molar-refractivity contribution in [2.75, 3.05) is 12.4 Å². The fraction of sp³-hybridized carbons (Fsp3) is 0.250. The van der Waals surface area contributed by atoms with E-state index in [9.17, 15) is 4.79 Å². The zero-order chi connectivity index (χ0) is 14.4. The molecule has 0 amide bonds. The van der Waals surface area contributed by atoms with Gasteiger partial charge in [0, 0.05) is 11.9 Å². The van der Waals surface area contributed by atoms with Crippen LogP contribution in [0.4, 0.5) is 5.69 Å². The summed E-state index contributed by atoms with van der Waals surface area (Å²) in [7, 11) is 1.35. The van der Waals surface area contributed by atoms with Gasteiger partial charge in [-0.15, -0.1) is 0 Å². The highest BCUT2D eigenvalue weighted by atomic mass is 16.5. The number of carbonyl (C=O) groups excluding carboxylic acids is 1. The van der Waals surface area contributed by atoms with Crippen molar-refractivity contribution in [3.8, 4) is 0 Å². The van der Waals surface area contributed by atoms with E-state index in [4.69, 9.17) is 0 Å². The minimum atomic E-state index is -0.429. The SMILES string of the molecule is CCC(Nc1ccnc(C(=O)OC)c1)c1ccccc1. The van der Waals surface area contributed by atoms with Gasteiger partial charge in [0.25, 0.3) is 0 Å². The summed E-state index contributed by atoms with van der Waals surface area (Å²) in [5, 5.41) is 3.42. The van der Waals surface area contributed by atoms with Gasteiger partial charge >= 0.3 is 5.97 Å². The van der Waals surface area contributed by atoms with Gasteiger partial charge in [0.2, 0.25) is 0 Å². The van der Waals surface area contributed by atoms with Crippen molar-refractivity contribution in [1.82, 2.24) is 4.98 Å². The van der Waals surface area contributed by atoms with Crippen molar-refractivity contribution in [3.05, 3.63) is 59.9 Å². The summed E-state index contributed by atoms with van der Waals surface area (Å²) < 4.78 is 4.68. The van der Waals surface area contributed by atoms with Crippen LogP contribution in [-0.2, 0) is 4.74 Å². The quantitative estimate of drug-likeness (QED) is 0.846. The van der Waals surface area contributed by atoms with Crippen LogP contribution in [0.1, 0.15) is 35.4 Å². The highest BCUT2D eigenvalue weighted by molar-refractivity contribution is 5.88. The average molecular weight is 270 g/mol. The number of pyridine rings is 1. The first kappa shape index (κ1) is 14.1. The van der Waals surface area contributed by atoms with Crippen molar-refractivity contribution < 1.29 is 9.53 Å². The van der Waals surface area contributed by atoms with E-state index in [0.29, 0.717) is 5.69 Å². The van der Waals surface area contributed by atoms with E-state index in [1.54, 1.807) is 12.3 Å². The summed E-state index contributed by atoms with van der Waals surface area (Å²) in [4.78, 5) is 15.5. The maximum absolute atomic E-state index is 11.5. The summed E-state index contributed by atoms with van der Waals surface area (Å²) in [6.07, 6.45) is 2.55. The Bertz CT molecular complexity index is 570. The number of nitrogens with zero attached hydrogens (tertiary/aromatic N) is 1. The van der Waals surface area contributed by atoms with Gasteiger partial charge in [-0.1, -0.05) is 37.3 Å². The Morgan fingerprint density at radius 3 is 2.70 bits per heavy atom. The largest absolute Gasteiger partial charge is 0.464 e. The van der Waals surface area contributed by atoms with Crippen molar-refractivity contribution in [2.24, 2.45) is 0 Å². The second kappa shape index (κ2) is 6.70. The zero-order valence-electron chi connectivity index (χ0n) is 11.7. The van der Waals surface area contributed by atoms with Crippen LogP contribution in [0.2, 0.25) is 0 Å². The van der Waals surface area contributed by atoms with Crippen LogP contribution in [0, 0.1) is 0 Å². The molecule has 104 valence electrons. The van der Waals surface area contributed by atoms with Crippen molar-refractivity contribution >= 4 is 11.7 Å². The lowest BCUT2D eigenvalue weighted by molar-refractivity contribution is 0.0594. The first-order valence-electron chi connectivity index (χ1n) is 6.60. The molecule has 1 aromatic heterocycles. The minimum Gasteiger partial charge on any atom is -0.464 e. The number of hydrogen-bond acceptors (Lipinski definition) is 4. The predicted molar refractivity (Wildman–Crippen MR) is 78.7 cm³/mol. The van der Waals surface area contributed by atoms with Gasteiger partial charge in [-0.3, -0.25) is 0 Å². The molecule has 0 aliphatic heterocycles. The van der Waals surface area contributed by atoms with E-state index < -0.39 is 5.97 Å². The molecule has 0 radical (unpaired) electrons. The van der Waals surface area contributed by atoms with E-state index in [0.717, 1.165) is 12.1 Å². The molecule has 2 rings (SSSR count). The number of carbonyl (C=O) groups is 1. The summed E-state index contributed by atoms with van der Waals surface area (Å²) in [5.41, 5.74) is 2.38. The third-order valence-corrected chi connectivity index (χ3v) is 3.11. The third-order valence-electron chi connectivity index (χ3n) is 3.11. The molecule has 1 unspecified atom stereocenters. The standard InChI is InChI=1S/C16H18N2O2/c1-3-14(12-7-5-4-6-8-12)18-13-9-10-17-15(11-13)16(19)20-2/h4-11,14H,3H2,1-2H3,(H,17,18). The summed E-state index contributed by atoms with van der Waals surface area (Å²) in [5.74, 6) is -0.429. The Morgan fingerprint density at radius 2 is 2.05 bits per heavy atom. The molecule has 4 nitrogen and oxygen atoms in total. The summed E-state index contributed by atoms with van der Waals surface area (Å²) >= 11 is 0. The first-order chi connectivity index (χ1) is 9.74. The molecule has 1 atom stereocenters. The van der Waals surface area contributed by atoms with Crippen LogP contribution in [0.25, 0.3) is 0 Å². The third kappa shape index (κ3) is 3.35. The van der Waals surface area contributed by atoms with Gasteiger partial charge < -0.3 is 10.1 Å². The Balaban J connectivity index is 2.18. The molecular weight excluding hydrogens is 252 g/mol. The molecule has 2 aromatic rings. The summed E-state index contributed by atoms with van der Waals surface area (Å²) in [6.45, 7) is 2.12. The molecule has 0 fully saturated rings. The lowest BCUT2D eigenvalue weighted by atomic mass is 10.0. The average Bonchev–Trinajstić information content (AvgIpc) is 2.53. The molecule has 4 heteroatoms. The summed E-state index contributed by atoms with van der Waals surface area (Å²) in [6, 6.07) is 14.0. The Kier molecular flexibility index (Phi) is 4.71. The van der Waals surface area contributed by atoms with Crippen molar-refractivity contribution in [1.29, 1.82) is 0 Å². The first-order valence-corrected chi connectivity index (χ1v) is 6.60. The molecule has 0 bridgehead atoms. The van der Waals surface area contributed by atoms with Crippen LogP contribution in [0.5, 0.6) is 0 Å². The molecule has 0 saturated heterocycles. The van der Waals surface area contributed by atoms with Crippen LogP contribution in [0.15, 0.2) is 48.7 Å². The van der Waals surface area contributed by atoms with E-state index >= 15 is 0 Å². The lowest BCUT2D eigenvalue weighted by Gasteiger charge is -2.19. The molecule has 1 heterocycles. The van der Waals surface area contributed by atoms with Gasteiger partial charge in [-0.05, 0) is 24.1 Å². The molecular formula is C16H18N2O2. The Labute approximate surface area is 118 Å². The number of rotatable bonds is 5. The number of esters is 1. The van der Waals surface area contributed by atoms with Crippen LogP contribution in [0.3, 0.4) is 0 Å². The van der Waals surface area contributed by atoms with E-state index in [-0.39, 0.29) is 6.04 Å². The maximum atomic E-state index is 11.5. The van der Waals surface area contributed by atoms with Crippen LogP contribution >= 0.6 is 0 Å². The Hall–Kier alpha value is -2.36. The van der Waals surface area contributed by atoms with Gasteiger partial charge in [-0.2, -0.15) is 0 Å². The highest BCUT2D eigenvalue weighted by Gasteiger charge is 2.11.